The van der Waals surface area contributed by atoms with Gasteiger partial charge in [-0.2, -0.15) is 4.68 Å². The van der Waals surface area contributed by atoms with E-state index in [4.69, 9.17) is 4.74 Å². The first-order valence-electron chi connectivity index (χ1n) is 11.2. The molecule has 162 valence electrons. The second-order valence-electron chi connectivity index (χ2n) is 8.28. The number of aromatic nitrogens is 4. The number of tetrazole rings is 1. The van der Waals surface area contributed by atoms with E-state index >= 15 is 0 Å². The van der Waals surface area contributed by atoms with Crippen molar-refractivity contribution in [1.29, 1.82) is 0 Å². The van der Waals surface area contributed by atoms with Gasteiger partial charge in [0, 0.05) is 32.6 Å². The average Bonchev–Trinajstić information content (AvgIpc) is 3.46. The number of piperazine rings is 1. The van der Waals surface area contributed by atoms with Crippen molar-refractivity contribution in [3.8, 4) is 11.4 Å². The van der Waals surface area contributed by atoms with Crippen molar-refractivity contribution in [2.24, 2.45) is 5.92 Å². The number of nitrogens with zero attached hydrogens (tertiary/aromatic N) is 6. The van der Waals surface area contributed by atoms with E-state index in [1.54, 1.807) is 4.68 Å². The van der Waals surface area contributed by atoms with E-state index < -0.39 is 0 Å². The molecule has 4 rings (SSSR count). The molecule has 1 amide bonds. The Labute approximate surface area is 178 Å². The number of hydrogen-bond donors (Lipinski definition) is 0. The zero-order valence-corrected chi connectivity index (χ0v) is 17.9. The minimum Gasteiger partial charge on any atom is -0.494 e. The van der Waals surface area contributed by atoms with Crippen molar-refractivity contribution < 1.29 is 9.53 Å². The van der Waals surface area contributed by atoms with Crippen molar-refractivity contribution in [2.45, 2.75) is 52.0 Å². The molecule has 8 heteroatoms. The first-order valence-corrected chi connectivity index (χ1v) is 11.2. The van der Waals surface area contributed by atoms with E-state index in [1.165, 1.54) is 25.7 Å². The van der Waals surface area contributed by atoms with Gasteiger partial charge in [0.05, 0.1) is 18.8 Å². The largest absolute Gasteiger partial charge is 0.494 e. The summed E-state index contributed by atoms with van der Waals surface area (Å²) in [6.45, 7) is 6.56. The Morgan fingerprint density at radius 3 is 2.53 bits per heavy atom. The second kappa shape index (κ2) is 10.0. The number of hydrogen-bond acceptors (Lipinski definition) is 6. The summed E-state index contributed by atoms with van der Waals surface area (Å²) in [6, 6.07) is 7.79. The normalized spacial score (nSPS) is 18.1. The van der Waals surface area contributed by atoms with Crippen LogP contribution in [0.5, 0.6) is 5.75 Å². The molecule has 1 saturated heterocycles. The smallest absolute Gasteiger partial charge is 0.222 e. The van der Waals surface area contributed by atoms with Crippen LogP contribution < -0.4 is 4.74 Å². The van der Waals surface area contributed by atoms with Gasteiger partial charge in [-0.1, -0.05) is 25.7 Å². The molecule has 1 aliphatic carbocycles. The molecule has 2 fully saturated rings. The molecule has 1 aromatic carbocycles. The van der Waals surface area contributed by atoms with Crippen LogP contribution in [0.2, 0.25) is 0 Å². The van der Waals surface area contributed by atoms with Crippen LogP contribution >= 0.6 is 0 Å². The van der Waals surface area contributed by atoms with Crippen LogP contribution in [-0.2, 0) is 11.3 Å². The lowest BCUT2D eigenvalue weighted by Gasteiger charge is -2.34. The summed E-state index contributed by atoms with van der Waals surface area (Å²) in [7, 11) is 0. The predicted molar refractivity (Wildman–Crippen MR) is 113 cm³/mol. The number of benzene rings is 1. The molecule has 2 heterocycles. The van der Waals surface area contributed by atoms with Crippen LogP contribution in [0.15, 0.2) is 24.3 Å². The summed E-state index contributed by atoms with van der Waals surface area (Å²) in [5.41, 5.74) is 0.916. The Morgan fingerprint density at radius 1 is 1.10 bits per heavy atom. The van der Waals surface area contributed by atoms with E-state index in [0.717, 1.165) is 55.8 Å². The average molecular weight is 413 g/mol. The molecule has 2 aromatic rings. The monoisotopic (exact) mass is 412 g/mol. The van der Waals surface area contributed by atoms with Crippen molar-refractivity contribution in [3.63, 3.8) is 0 Å². The summed E-state index contributed by atoms with van der Waals surface area (Å²) < 4.78 is 7.28. The van der Waals surface area contributed by atoms with Gasteiger partial charge in [-0.25, -0.2) is 0 Å². The van der Waals surface area contributed by atoms with E-state index in [2.05, 4.69) is 20.4 Å². The molecule has 1 aromatic heterocycles. The minimum atomic E-state index is 0.320. The lowest BCUT2D eigenvalue weighted by Crippen LogP contribution is -2.48. The molecule has 30 heavy (non-hydrogen) atoms. The van der Waals surface area contributed by atoms with Gasteiger partial charge < -0.3 is 9.64 Å². The van der Waals surface area contributed by atoms with Crippen LogP contribution in [-0.4, -0.2) is 68.7 Å². The standard InChI is InChI=1S/C22H32N6O2/c1-2-30-20-10-8-19(9-11-20)28-21(23-24-25-28)17-26-13-15-27(16-14-26)22(29)12-7-18-5-3-4-6-18/h8-11,18H,2-7,12-17H2,1H3. The maximum absolute atomic E-state index is 12.6. The van der Waals surface area contributed by atoms with Gasteiger partial charge in [0.2, 0.25) is 5.91 Å². The van der Waals surface area contributed by atoms with Crippen LogP contribution in [0.25, 0.3) is 5.69 Å². The van der Waals surface area contributed by atoms with Gasteiger partial charge in [-0.05, 0) is 54.0 Å². The second-order valence-corrected chi connectivity index (χ2v) is 8.28. The number of rotatable bonds is 8. The molecule has 1 aliphatic heterocycles. The highest BCUT2D eigenvalue weighted by Crippen LogP contribution is 2.28. The Bertz CT molecular complexity index is 807. The molecule has 2 aliphatic rings. The Balaban J connectivity index is 1.27. The first-order chi connectivity index (χ1) is 14.7. The lowest BCUT2D eigenvalue weighted by molar-refractivity contribution is -0.133. The summed E-state index contributed by atoms with van der Waals surface area (Å²) in [4.78, 5) is 16.9. The fourth-order valence-corrected chi connectivity index (χ4v) is 4.50. The quantitative estimate of drug-likeness (QED) is 0.664. The Morgan fingerprint density at radius 2 is 1.83 bits per heavy atom. The third-order valence-corrected chi connectivity index (χ3v) is 6.26. The first kappa shape index (κ1) is 20.8. The number of ether oxygens (including phenoxy) is 1. The van der Waals surface area contributed by atoms with Gasteiger partial charge in [-0.15, -0.1) is 5.10 Å². The van der Waals surface area contributed by atoms with E-state index in [-0.39, 0.29) is 0 Å². The fourth-order valence-electron chi connectivity index (χ4n) is 4.50. The SMILES string of the molecule is CCOc1ccc(-n2nnnc2CN2CCN(C(=O)CCC3CCCC3)CC2)cc1. The van der Waals surface area contributed by atoms with E-state index in [1.807, 2.05) is 36.1 Å². The van der Waals surface area contributed by atoms with Crippen LogP contribution in [0.1, 0.15) is 51.3 Å². The molecular weight excluding hydrogens is 380 g/mol. The Kier molecular flexibility index (Phi) is 6.94. The van der Waals surface area contributed by atoms with E-state index in [0.29, 0.717) is 25.5 Å². The zero-order chi connectivity index (χ0) is 20.8. The van der Waals surface area contributed by atoms with Gasteiger partial charge in [0.25, 0.3) is 0 Å². The molecule has 0 spiro atoms. The molecule has 0 atom stereocenters. The summed E-state index contributed by atoms with van der Waals surface area (Å²) in [5.74, 6) is 2.74. The topological polar surface area (TPSA) is 76.4 Å². The lowest BCUT2D eigenvalue weighted by atomic mass is 10.0. The van der Waals surface area contributed by atoms with Gasteiger partial charge in [0.15, 0.2) is 5.82 Å². The van der Waals surface area contributed by atoms with Crippen LogP contribution in [0.3, 0.4) is 0 Å². The summed E-state index contributed by atoms with van der Waals surface area (Å²) in [6.07, 6.45) is 7.08. The van der Waals surface area contributed by atoms with Crippen LogP contribution in [0.4, 0.5) is 0 Å². The highest BCUT2D eigenvalue weighted by Gasteiger charge is 2.24. The third-order valence-electron chi connectivity index (χ3n) is 6.26. The number of carbonyl (C=O) groups excluding carboxylic acids is 1. The summed E-state index contributed by atoms with van der Waals surface area (Å²) >= 11 is 0. The zero-order valence-electron chi connectivity index (χ0n) is 17.9. The van der Waals surface area contributed by atoms with E-state index in [9.17, 15) is 4.79 Å². The molecule has 0 bridgehead atoms. The fraction of sp³-hybridized carbons (Fsp3) is 0.636. The highest BCUT2D eigenvalue weighted by atomic mass is 16.5. The molecule has 0 N–H and O–H groups in total. The number of amides is 1. The minimum absolute atomic E-state index is 0.320. The Hall–Kier alpha value is -2.48. The molecular formula is C22H32N6O2. The van der Waals surface area contributed by atoms with Gasteiger partial charge in [0.1, 0.15) is 5.75 Å². The van der Waals surface area contributed by atoms with Gasteiger partial charge in [-0.3, -0.25) is 9.69 Å². The van der Waals surface area contributed by atoms with Crippen molar-refractivity contribution in [2.75, 3.05) is 32.8 Å². The molecule has 0 unspecified atom stereocenters. The van der Waals surface area contributed by atoms with Gasteiger partial charge >= 0.3 is 0 Å². The number of carbonyl (C=O) groups is 1. The van der Waals surface area contributed by atoms with Crippen molar-refractivity contribution in [1.82, 2.24) is 30.0 Å². The molecule has 8 nitrogen and oxygen atoms in total. The molecule has 0 radical (unpaired) electrons. The van der Waals surface area contributed by atoms with Crippen LogP contribution in [0, 0.1) is 5.92 Å². The summed E-state index contributed by atoms with van der Waals surface area (Å²) in [5, 5.41) is 12.2. The molecule has 1 saturated carbocycles. The highest BCUT2D eigenvalue weighted by molar-refractivity contribution is 5.76. The van der Waals surface area contributed by atoms with Crippen molar-refractivity contribution >= 4 is 5.91 Å². The van der Waals surface area contributed by atoms with Crippen molar-refractivity contribution in [3.05, 3.63) is 30.1 Å². The maximum Gasteiger partial charge on any atom is 0.222 e. The predicted octanol–water partition coefficient (Wildman–Crippen LogP) is 2.68. The maximum atomic E-state index is 12.6. The third kappa shape index (κ3) is 5.16.